The number of rotatable bonds is 4. The van der Waals surface area contributed by atoms with Gasteiger partial charge in [0.05, 0.1) is 6.10 Å². The molecule has 0 saturated carbocycles. The van der Waals surface area contributed by atoms with E-state index in [-0.39, 0.29) is 0 Å². The second-order valence-electron chi connectivity index (χ2n) is 4.21. The molecule has 2 aromatic heterocycles. The van der Waals surface area contributed by atoms with Gasteiger partial charge in [-0.25, -0.2) is 0 Å². The van der Waals surface area contributed by atoms with E-state index in [1.807, 2.05) is 30.6 Å². The number of thiophene rings is 1. The summed E-state index contributed by atoms with van der Waals surface area (Å²) in [5.41, 5.74) is 3.33. The number of aliphatic hydroxyl groups excluding tert-OH is 1. The summed E-state index contributed by atoms with van der Waals surface area (Å²) in [7, 11) is 0. The van der Waals surface area contributed by atoms with Crippen molar-refractivity contribution in [2.75, 3.05) is 0 Å². The van der Waals surface area contributed by atoms with Crippen LogP contribution < -0.4 is 0 Å². The van der Waals surface area contributed by atoms with E-state index >= 15 is 0 Å². The molecule has 0 radical (unpaired) electrons. The zero-order valence-corrected chi connectivity index (χ0v) is 11.0. The van der Waals surface area contributed by atoms with Gasteiger partial charge in [-0.05, 0) is 42.0 Å². The van der Waals surface area contributed by atoms with Gasteiger partial charge < -0.3 is 5.11 Å². The third-order valence-corrected chi connectivity index (χ3v) is 3.90. The standard InChI is InChI=1S/C14H17NOS/c1-3-11-6-7-17-14(11)13(16)8-12-5-4-10(2)9-15-12/h4-7,9,13,16H,3,8H2,1-2H3. The molecule has 2 nitrogen and oxygen atoms in total. The number of aromatic nitrogens is 1. The molecular weight excluding hydrogens is 230 g/mol. The maximum atomic E-state index is 10.2. The summed E-state index contributed by atoms with van der Waals surface area (Å²) < 4.78 is 0. The summed E-state index contributed by atoms with van der Waals surface area (Å²) >= 11 is 1.63. The van der Waals surface area contributed by atoms with Crippen LogP contribution in [-0.4, -0.2) is 10.1 Å². The molecule has 0 bridgehead atoms. The molecule has 1 atom stereocenters. The number of pyridine rings is 1. The molecule has 0 aliphatic carbocycles. The van der Waals surface area contributed by atoms with Crippen molar-refractivity contribution in [2.24, 2.45) is 0 Å². The van der Waals surface area contributed by atoms with Crippen LogP contribution in [-0.2, 0) is 12.8 Å². The Morgan fingerprint density at radius 2 is 2.18 bits per heavy atom. The van der Waals surface area contributed by atoms with Gasteiger partial charge in [0.1, 0.15) is 0 Å². The maximum absolute atomic E-state index is 10.2. The molecule has 0 fully saturated rings. The molecule has 17 heavy (non-hydrogen) atoms. The van der Waals surface area contributed by atoms with Crippen LogP contribution in [0.15, 0.2) is 29.8 Å². The van der Waals surface area contributed by atoms with Gasteiger partial charge in [0.2, 0.25) is 0 Å². The van der Waals surface area contributed by atoms with E-state index in [2.05, 4.69) is 18.0 Å². The molecule has 2 aromatic rings. The van der Waals surface area contributed by atoms with Crippen LogP contribution in [0.2, 0.25) is 0 Å². The van der Waals surface area contributed by atoms with Gasteiger partial charge in [0.15, 0.2) is 0 Å². The number of aliphatic hydroxyl groups is 1. The highest BCUT2D eigenvalue weighted by Gasteiger charge is 2.14. The van der Waals surface area contributed by atoms with Crippen LogP contribution in [0.25, 0.3) is 0 Å². The van der Waals surface area contributed by atoms with Crippen molar-refractivity contribution in [3.8, 4) is 0 Å². The van der Waals surface area contributed by atoms with Crippen LogP contribution in [0.4, 0.5) is 0 Å². The monoisotopic (exact) mass is 247 g/mol. The quantitative estimate of drug-likeness (QED) is 0.899. The van der Waals surface area contributed by atoms with E-state index < -0.39 is 6.10 Å². The summed E-state index contributed by atoms with van der Waals surface area (Å²) in [4.78, 5) is 5.41. The van der Waals surface area contributed by atoms with Crippen molar-refractivity contribution in [3.63, 3.8) is 0 Å². The predicted molar refractivity (Wildman–Crippen MR) is 71.3 cm³/mol. The molecule has 1 N–H and O–H groups in total. The van der Waals surface area contributed by atoms with E-state index in [1.54, 1.807) is 11.3 Å². The average Bonchev–Trinajstić information content (AvgIpc) is 2.80. The smallest absolute Gasteiger partial charge is 0.0939 e. The second-order valence-corrected chi connectivity index (χ2v) is 5.16. The Hall–Kier alpha value is -1.19. The third kappa shape index (κ3) is 2.93. The van der Waals surface area contributed by atoms with Crippen LogP contribution in [0.5, 0.6) is 0 Å². The van der Waals surface area contributed by atoms with E-state index in [0.717, 1.165) is 22.6 Å². The molecule has 0 amide bonds. The fourth-order valence-electron chi connectivity index (χ4n) is 1.84. The minimum absolute atomic E-state index is 0.430. The summed E-state index contributed by atoms with van der Waals surface area (Å²) in [6.45, 7) is 4.13. The average molecular weight is 247 g/mol. The van der Waals surface area contributed by atoms with E-state index in [0.29, 0.717) is 6.42 Å². The predicted octanol–water partition coefficient (Wildman–Crippen LogP) is 3.29. The fraction of sp³-hybridized carbons (Fsp3) is 0.357. The summed E-state index contributed by atoms with van der Waals surface area (Å²) in [6, 6.07) is 6.10. The lowest BCUT2D eigenvalue weighted by molar-refractivity contribution is 0.180. The Balaban J connectivity index is 2.11. The molecule has 0 spiro atoms. The highest BCUT2D eigenvalue weighted by atomic mass is 32.1. The van der Waals surface area contributed by atoms with Crippen molar-refractivity contribution < 1.29 is 5.11 Å². The van der Waals surface area contributed by atoms with E-state index in [9.17, 15) is 5.11 Å². The molecule has 2 heterocycles. The van der Waals surface area contributed by atoms with Gasteiger partial charge in [0, 0.05) is 23.2 Å². The molecule has 0 saturated heterocycles. The number of aryl methyl sites for hydroxylation is 2. The van der Waals surface area contributed by atoms with Crippen molar-refractivity contribution >= 4 is 11.3 Å². The van der Waals surface area contributed by atoms with Crippen molar-refractivity contribution in [3.05, 3.63) is 51.5 Å². The Morgan fingerprint density at radius 3 is 2.82 bits per heavy atom. The normalized spacial score (nSPS) is 12.6. The largest absolute Gasteiger partial charge is 0.387 e. The molecule has 1 unspecified atom stereocenters. The first-order valence-electron chi connectivity index (χ1n) is 5.86. The topological polar surface area (TPSA) is 33.1 Å². The zero-order valence-electron chi connectivity index (χ0n) is 10.2. The molecule has 0 aliphatic heterocycles. The number of hydrogen-bond acceptors (Lipinski definition) is 3. The van der Waals surface area contributed by atoms with Crippen LogP contribution >= 0.6 is 11.3 Å². The molecular formula is C14H17NOS. The van der Waals surface area contributed by atoms with Gasteiger partial charge in [0.25, 0.3) is 0 Å². The van der Waals surface area contributed by atoms with Gasteiger partial charge in [-0.3, -0.25) is 4.98 Å². The summed E-state index contributed by atoms with van der Waals surface area (Å²) in [6.07, 6.45) is 2.97. The Morgan fingerprint density at radius 1 is 1.35 bits per heavy atom. The highest BCUT2D eigenvalue weighted by Crippen LogP contribution is 2.27. The highest BCUT2D eigenvalue weighted by molar-refractivity contribution is 7.10. The Bertz CT molecular complexity index is 475. The molecule has 2 rings (SSSR count). The lowest BCUT2D eigenvalue weighted by atomic mass is 10.1. The molecule has 3 heteroatoms. The van der Waals surface area contributed by atoms with Gasteiger partial charge >= 0.3 is 0 Å². The maximum Gasteiger partial charge on any atom is 0.0939 e. The van der Waals surface area contributed by atoms with Gasteiger partial charge in [-0.15, -0.1) is 11.3 Å². The molecule has 90 valence electrons. The van der Waals surface area contributed by atoms with Crippen molar-refractivity contribution in [2.45, 2.75) is 32.8 Å². The number of nitrogens with zero attached hydrogens (tertiary/aromatic N) is 1. The van der Waals surface area contributed by atoms with Gasteiger partial charge in [-0.1, -0.05) is 13.0 Å². The van der Waals surface area contributed by atoms with E-state index in [1.165, 1.54) is 5.56 Å². The number of hydrogen-bond donors (Lipinski definition) is 1. The summed E-state index contributed by atoms with van der Waals surface area (Å²) in [5, 5.41) is 12.3. The van der Waals surface area contributed by atoms with Crippen LogP contribution in [0, 0.1) is 6.92 Å². The second kappa shape index (κ2) is 5.43. The van der Waals surface area contributed by atoms with Crippen molar-refractivity contribution in [1.82, 2.24) is 4.98 Å². The first-order valence-corrected chi connectivity index (χ1v) is 6.74. The Kier molecular flexibility index (Phi) is 3.92. The van der Waals surface area contributed by atoms with Crippen molar-refractivity contribution in [1.29, 1.82) is 0 Å². The Labute approximate surface area is 106 Å². The van der Waals surface area contributed by atoms with Crippen LogP contribution in [0.3, 0.4) is 0 Å². The summed E-state index contributed by atoms with van der Waals surface area (Å²) in [5.74, 6) is 0. The molecule has 0 aromatic carbocycles. The lowest BCUT2D eigenvalue weighted by Gasteiger charge is -2.10. The fourth-order valence-corrected chi connectivity index (χ4v) is 2.82. The third-order valence-electron chi connectivity index (χ3n) is 2.84. The molecule has 0 aliphatic rings. The first-order chi connectivity index (χ1) is 8.20. The zero-order chi connectivity index (χ0) is 12.3. The minimum atomic E-state index is -0.430. The first kappa shape index (κ1) is 12.3. The minimum Gasteiger partial charge on any atom is -0.387 e. The van der Waals surface area contributed by atoms with Gasteiger partial charge in [-0.2, -0.15) is 0 Å². The lowest BCUT2D eigenvalue weighted by Crippen LogP contribution is -2.03. The SMILES string of the molecule is CCc1ccsc1C(O)Cc1ccc(C)cn1. The van der Waals surface area contributed by atoms with Crippen LogP contribution in [0.1, 0.15) is 34.7 Å². The van der Waals surface area contributed by atoms with E-state index in [4.69, 9.17) is 0 Å².